The summed E-state index contributed by atoms with van der Waals surface area (Å²) in [5.74, 6) is -0.705. The van der Waals surface area contributed by atoms with Crippen LogP contribution in [0.4, 0.5) is 0 Å². The highest BCUT2D eigenvalue weighted by atomic mass is 16.5. The molecule has 21 heavy (non-hydrogen) atoms. The fourth-order valence-corrected chi connectivity index (χ4v) is 1.80. The lowest BCUT2D eigenvalue weighted by molar-refractivity contribution is -0.143. The van der Waals surface area contributed by atoms with E-state index in [0.29, 0.717) is 17.7 Å². The minimum atomic E-state index is -1.06. The van der Waals surface area contributed by atoms with Crippen molar-refractivity contribution in [2.45, 2.75) is 19.3 Å². The number of benzene rings is 1. The molecule has 1 aromatic carbocycles. The number of nitrogens with zero attached hydrogens (tertiary/aromatic N) is 1. The van der Waals surface area contributed by atoms with Gasteiger partial charge in [0.05, 0.1) is 7.11 Å². The van der Waals surface area contributed by atoms with Crippen LogP contribution in [0.2, 0.25) is 0 Å². The molecule has 1 amide bonds. The number of hydrogen-bond acceptors (Lipinski definition) is 4. The molecule has 0 saturated carbocycles. The van der Waals surface area contributed by atoms with E-state index in [9.17, 15) is 14.4 Å². The molecule has 1 rings (SSSR count). The normalized spacial score (nSPS) is 10.0. The third-order valence-corrected chi connectivity index (χ3v) is 3.00. The number of methoxy groups -OCH3 is 1. The summed E-state index contributed by atoms with van der Waals surface area (Å²) in [5.41, 5.74) is 0.571. The van der Waals surface area contributed by atoms with E-state index in [1.54, 1.807) is 31.4 Å². The third kappa shape index (κ3) is 5.64. The average molecular weight is 293 g/mol. The zero-order valence-electron chi connectivity index (χ0n) is 12.2. The molecule has 0 heterocycles. The van der Waals surface area contributed by atoms with Gasteiger partial charge in [0.15, 0.2) is 5.78 Å². The maximum absolute atomic E-state index is 11.9. The Hall–Kier alpha value is -2.37. The van der Waals surface area contributed by atoms with Crippen LogP contribution in [0.5, 0.6) is 5.75 Å². The SMILES string of the molecule is COc1ccc(C(=O)CCCC(=O)N(C)CC(=O)O)cc1. The van der Waals surface area contributed by atoms with Gasteiger partial charge in [0.25, 0.3) is 0 Å². The zero-order chi connectivity index (χ0) is 15.8. The number of likely N-dealkylation sites (N-methyl/N-ethyl adjacent to an activating group) is 1. The lowest BCUT2D eigenvalue weighted by Crippen LogP contribution is -2.31. The van der Waals surface area contributed by atoms with Crippen molar-refractivity contribution in [2.75, 3.05) is 20.7 Å². The number of Topliss-reactive ketones (excluding diaryl/α,β-unsaturated/α-hetero) is 1. The predicted molar refractivity (Wildman–Crippen MR) is 76.4 cm³/mol. The van der Waals surface area contributed by atoms with Gasteiger partial charge in [-0.25, -0.2) is 0 Å². The van der Waals surface area contributed by atoms with Crippen molar-refractivity contribution in [1.29, 1.82) is 0 Å². The highest BCUT2D eigenvalue weighted by molar-refractivity contribution is 5.96. The minimum Gasteiger partial charge on any atom is -0.497 e. The first-order valence-electron chi connectivity index (χ1n) is 6.57. The van der Waals surface area contributed by atoms with E-state index in [0.717, 1.165) is 4.90 Å². The van der Waals surface area contributed by atoms with Gasteiger partial charge >= 0.3 is 5.97 Å². The summed E-state index contributed by atoms with van der Waals surface area (Å²) >= 11 is 0. The van der Waals surface area contributed by atoms with Crippen LogP contribution in [-0.4, -0.2) is 48.4 Å². The molecular weight excluding hydrogens is 274 g/mol. The van der Waals surface area contributed by atoms with E-state index >= 15 is 0 Å². The number of carboxylic acids is 1. The van der Waals surface area contributed by atoms with E-state index < -0.39 is 5.97 Å². The van der Waals surface area contributed by atoms with Crippen LogP contribution in [0.3, 0.4) is 0 Å². The van der Waals surface area contributed by atoms with Crippen molar-refractivity contribution in [1.82, 2.24) is 4.90 Å². The number of amides is 1. The fraction of sp³-hybridized carbons (Fsp3) is 0.400. The Balaban J connectivity index is 2.39. The Morgan fingerprint density at radius 1 is 1.14 bits per heavy atom. The third-order valence-electron chi connectivity index (χ3n) is 3.00. The van der Waals surface area contributed by atoms with Gasteiger partial charge in [0.2, 0.25) is 5.91 Å². The van der Waals surface area contributed by atoms with Crippen LogP contribution < -0.4 is 4.74 Å². The van der Waals surface area contributed by atoms with E-state index in [2.05, 4.69) is 0 Å². The van der Waals surface area contributed by atoms with Crippen LogP contribution in [0.15, 0.2) is 24.3 Å². The summed E-state index contributed by atoms with van der Waals surface area (Å²) in [4.78, 5) is 35.1. The molecule has 0 aliphatic carbocycles. The predicted octanol–water partition coefficient (Wildman–Crippen LogP) is 1.59. The molecular formula is C15H19NO5. The van der Waals surface area contributed by atoms with Crippen LogP contribution in [0, 0.1) is 0 Å². The van der Waals surface area contributed by atoms with Crippen LogP contribution in [-0.2, 0) is 9.59 Å². The standard InChI is InChI=1S/C15H19NO5/c1-16(10-15(19)20)14(18)5-3-4-13(17)11-6-8-12(21-2)9-7-11/h6-9H,3-5,10H2,1-2H3,(H,19,20). The van der Waals surface area contributed by atoms with Crippen molar-refractivity contribution in [2.24, 2.45) is 0 Å². The fourth-order valence-electron chi connectivity index (χ4n) is 1.80. The first-order valence-corrected chi connectivity index (χ1v) is 6.57. The van der Waals surface area contributed by atoms with Crippen LogP contribution >= 0.6 is 0 Å². The number of hydrogen-bond donors (Lipinski definition) is 1. The summed E-state index contributed by atoms with van der Waals surface area (Å²) in [6, 6.07) is 6.77. The van der Waals surface area contributed by atoms with E-state index in [4.69, 9.17) is 9.84 Å². The Morgan fingerprint density at radius 2 is 1.76 bits per heavy atom. The van der Waals surface area contributed by atoms with Crippen molar-refractivity contribution in [3.05, 3.63) is 29.8 Å². The molecule has 0 radical (unpaired) electrons. The second kappa shape index (κ2) is 8.04. The molecule has 1 N–H and O–H groups in total. The number of carbonyl (C=O) groups is 3. The smallest absolute Gasteiger partial charge is 0.323 e. The Bertz CT molecular complexity index is 509. The van der Waals surface area contributed by atoms with Gasteiger partial charge in [-0.1, -0.05) is 0 Å². The van der Waals surface area contributed by atoms with Gasteiger partial charge in [-0.2, -0.15) is 0 Å². The molecule has 1 aromatic rings. The molecule has 0 aromatic heterocycles. The summed E-state index contributed by atoms with van der Waals surface area (Å²) in [7, 11) is 2.98. The summed E-state index contributed by atoms with van der Waals surface area (Å²) in [6.07, 6.45) is 0.804. The van der Waals surface area contributed by atoms with Gasteiger partial charge in [-0.05, 0) is 30.7 Å². The molecule has 0 aliphatic rings. The molecule has 0 unspecified atom stereocenters. The molecule has 0 aliphatic heterocycles. The van der Waals surface area contributed by atoms with Gasteiger partial charge in [0, 0.05) is 25.5 Å². The molecule has 6 heteroatoms. The molecule has 0 fully saturated rings. The second-order valence-corrected chi connectivity index (χ2v) is 4.65. The summed E-state index contributed by atoms with van der Waals surface area (Å²) in [5, 5.41) is 8.58. The lowest BCUT2D eigenvalue weighted by atomic mass is 10.1. The van der Waals surface area contributed by atoms with Crippen molar-refractivity contribution >= 4 is 17.7 Å². The number of ether oxygens (including phenoxy) is 1. The van der Waals surface area contributed by atoms with Gasteiger partial charge in [-0.15, -0.1) is 0 Å². The van der Waals surface area contributed by atoms with E-state index in [1.165, 1.54) is 7.05 Å². The van der Waals surface area contributed by atoms with Crippen LogP contribution in [0.25, 0.3) is 0 Å². The molecule has 0 spiro atoms. The van der Waals surface area contributed by atoms with Crippen molar-refractivity contribution in [3.8, 4) is 5.75 Å². The van der Waals surface area contributed by atoms with Crippen molar-refractivity contribution < 1.29 is 24.2 Å². The Labute approximate surface area is 123 Å². The van der Waals surface area contributed by atoms with E-state index in [1.807, 2.05) is 0 Å². The molecule has 6 nitrogen and oxygen atoms in total. The summed E-state index contributed by atoms with van der Waals surface area (Å²) < 4.78 is 5.01. The largest absolute Gasteiger partial charge is 0.497 e. The number of ketones is 1. The second-order valence-electron chi connectivity index (χ2n) is 4.65. The Kier molecular flexibility index (Phi) is 6.39. The highest BCUT2D eigenvalue weighted by Crippen LogP contribution is 2.14. The van der Waals surface area contributed by atoms with E-state index in [-0.39, 0.29) is 31.1 Å². The molecule has 0 bridgehead atoms. The van der Waals surface area contributed by atoms with Crippen LogP contribution in [0.1, 0.15) is 29.6 Å². The molecule has 114 valence electrons. The van der Waals surface area contributed by atoms with Crippen molar-refractivity contribution in [3.63, 3.8) is 0 Å². The van der Waals surface area contributed by atoms with Gasteiger partial charge in [-0.3, -0.25) is 14.4 Å². The van der Waals surface area contributed by atoms with Gasteiger partial charge in [0.1, 0.15) is 12.3 Å². The number of carbonyl (C=O) groups excluding carboxylic acids is 2. The monoisotopic (exact) mass is 293 g/mol. The quantitative estimate of drug-likeness (QED) is 0.736. The maximum Gasteiger partial charge on any atom is 0.323 e. The first-order chi connectivity index (χ1) is 9.93. The molecule has 0 atom stereocenters. The topological polar surface area (TPSA) is 83.9 Å². The maximum atomic E-state index is 11.9. The first kappa shape index (κ1) is 16.7. The Morgan fingerprint density at radius 3 is 2.29 bits per heavy atom. The lowest BCUT2D eigenvalue weighted by Gasteiger charge is -2.14. The minimum absolute atomic E-state index is 0.0497. The number of carboxylic acid groups (broad SMARTS) is 1. The number of aliphatic carboxylic acids is 1. The molecule has 0 saturated heterocycles. The highest BCUT2D eigenvalue weighted by Gasteiger charge is 2.13. The van der Waals surface area contributed by atoms with Gasteiger partial charge < -0.3 is 14.7 Å². The zero-order valence-corrected chi connectivity index (χ0v) is 12.2. The average Bonchev–Trinajstić information content (AvgIpc) is 2.46. The number of rotatable bonds is 8. The summed E-state index contributed by atoms with van der Waals surface area (Å²) in [6.45, 7) is -0.328.